The first-order valence-electron chi connectivity index (χ1n) is 7.69. The van der Waals surface area contributed by atoms with Gasteiger partial charge in [-0.15, -0.1) is 0 Å². The Morgan fingerprint density at radius 3 is 2.36 bits per heavy atom. The topological polar surface area (TPSA) is 96.3 Å². The molecule has 0 radical (unpaired) electrons. The molecule has 8 heteroatoms. The maximum absolute atomic E-state index is 12.9. The molecular weight excluding hydrogens is 326 g/mol. The van der Waals surface area contributed by atoms with E-state index in [-0.39, 0.29) is 5.71 Å². The Hall–Kier alpha value is -3.03. The van der Waals surface area contributed by atoms with Gasteiger partial charge in [0.2, 0.25) is 11.8 Å². The summed E-state index contributed by atoms with van der Waals surface area (Å²) in [6.45, 7) is 5.01. The average Bonchev–Trinajstić information content (AvgIpc) is 3.08. The predicted octanol–water partition coefficient (Wildman–Crippen LogP) is 0.553. The SMILES string of the molecule is COC(=O)C1=NN(C(C)=O)[C@H]2C(=O)N(c3ccc(C)c(C)c3)C(=O)[C@@H]12. The van der Waals surface area contributed by atoms with Gasteiger partial charge in [-0.3, -0.25) is 14.4 Å². The van der Waals surface area contributed by atoms with Crippen molar-refractivity contribution < 1.29 is 23.9 Å². The van der Waals surface area contributed by atoms with Crippen molar-refractivity contribution in [3.8, 4) is 0 Å². The summed E-state index contributed by atoms with van der Waals surface area (Å²) in [6, 6.07) is 4.03. The van der Waals surface area contributed by atoms with Gasteiger partial charge in [-0.25, -0.2) is 14.7 Å². The first-order valence-corrected chi connectivity index (χ1v) is 7.69. The van der Waals surface area contributed by atoms with Crippen LogP contribution in [0.25, 0.3) is 0 Å². The van der Waals surface area contributed by atoms with Gasteiger partial charge in [-0.2, -0.15) is 5.10 Å². The molecule has 2 heterocycles. The van der Waals surface area contributed by atoms with Crippen LogP contribution >= 0.6 is 0 Å². The Morgan fingerprint density at radius 2 is 1.80 bits per heavy atom. The van der Waals surface area contributed by atoms with Gasteiger partial charge in [0.15, 0.2) is 11.8 Å². The van der Waals surface area contributed by atoms with E-state index in [9.17, 15) is 19.2 Å². The second-order valence-corrected chi connectivity index (χ2v) is 6.04. The third-order valence-corrected chi connectivity index (χ3v) is 4.51. The second-order valence-electron chi connectivity index (χ2n) is 6.04. The van der Waals surface area contributed by atoms with Crippen molar-refractivity contribution in [1.29, 1.82) is 0 Å². The van der Waals surface area contributed by atoms with E-state index in [0.717, 1.165) is 28.1 Å². The van der Waals surface area contributed by atoms with Crippen LogP contribution in [-0.4, -0.2) is 47.6 Å². The number of ether oxygens (including phenoxy) is 1. The minimum atomic E-state index is -1.15. The van der Waals surface area contributed by atoms with Gasteiger partial charge >= 0.3 is 5.97 Å². The molecule has 1 fully saturated rings. The average molecular weight is 343 g/mol. The fourth-order valence-corrected chi connectivity index (χ4v) is 3.07. The van der Waals surface area contributed by atoms with Gasteiger partial charge in [-0.05, 0) is 37.1 Å². The highest BCUT2D eigenvalue weighted by Crippen LogP contribution is 2.35. The Balaban J connectivity index is 2.07. The molecule has 0 N–H and O–H groups in total. The number of fused-ring (bicyclic) bond motifs is 1. The number of aryl methyl sites for hydroxylation is 2. The first-order chi connectivity index (χ1) is 11.8. The van der Waals surface area contributed by atoms with Crippen LogP contribution in [0.15, 0.2) is 23.3 Å². The van der Waals surface area contributed by atoms with Gasteiger partial charge in [0.25, 0.3) is 5.91 Å². The summed E-state index contributed by atoms with van der Waals surface area (Å²) in [4.78, 5) is 50.5. The lowest BCUT2D eigenvalue weighted by Crippen LogP contribution is -2.41. The van der Waals surface area contributed by atoms with E-state index in [0.29, 0.717) is 5.69 Å². The third-order valence-electron chi connectivity index (χ3n) is 4.51. The van der Waals surface area contributed by atoms with Crippen molar-refractivity contribution in [3.63, 3.8) is 0 Å². The Kier molecular flexibility index (Phi) is 3.90. The number of hydrazone groups is 1. The molecule has 0 aliphatic carbocycles. The lowest BCUT2D eigenvalue weighted by molar-refractivity contribution is -0.136. The molecule has 0 saturated carbocycles. The third kappa shape index (κ3) is 2.41. The maximum Gasteiger partial charge on any atom is 0.355 e. The number of anilines is 1. The monoisotopic (exact) mass is 343 g/mol. The first kappa shape index (κ1) is 16.8. The smallest absolute Gasteiger partial charge is 0.355 e. The fraction of sp³-hybridized carbons (Fsp3) is 0.353. The molecule has 1 aromatic carbocycles. The zero-order valence-corrected chi connectivity index (χ0v) is 14.3. The number of nitrogens with zero attached hydrogens (tertiary/aromatic N) is 3. The summed E-state index contributed by atoms with van der Waals surface area (Å²) in [6.07, 6.45) is 0. The number of hydrogen-bond donors (Lipinski definition) is 0. The molecule has 1 saturated heterocycles. The van der Waals surface area contributed by atoms with Gasteiger partial charge < -0.3 is 4.74 Å². The quantitative estimate of drug-likeness (QED) is 0.577. The minimum absolute atomic E-state index is 0.229. The molecular formula is C17H17N3O5. The van der Waals surface area contributed by atoms with Gasteiger partial charge in [0.1, 0.15) is 5.92 Å². The van der Waals surface area contributed by atoms with Crippen LogP contribution in [0, 0.1) is 19.8 Å². The fourth-order valence-electron chi connectivity index (χ4n) is 3.07. The standard InChI is InChI=1S/C17H17N3O5/c1-8-5-6-11(7-9(8)2)19-15(22)12-13(17(24)25-4)18-20(10(3)21)14(12)16(19)23/h5-7,12,14H,1-4H3/t12-,14+/m0/s1. The highest BCUT2D eigenvalue weighted by Gasteiger charge is 2.59. The molecule has 25 heavy (non-hydrogen) atoms. The van der Waals surface area contributed by atoms with Gasteiger partial charge in [0, 0.05) is 6.92 Å². The highest BCUT2D eigenvalue weighted by atomic mass is 16.5. The summed E-state index contributed by atoms with van der Waals surface area (Å²) >= 11 is 0. The number of rotatable bonds is 2. The maximum atomic E-state index is 12.9. The van der Waals surface area contributed by atoms with E-state index in [4.69, 9.17) is 0 Å². The van der Waals surface area contributed by atoms with Crippen LogP contribution in [0.4, 0.5) is 5.69 Å². The lowest BCUT2D eigenvalue weighted by Gasteiger charge is -2.19. The second kappa shape index (κ2) is 5.80. The van der Waals surface area contributed by atoms with E-state index in [1.807, 2.05) is 13.8 Å². The summed E-state index contributed by atoms with van der Waals surface area (Å²) in [7, 11) is 1.15. The molecule has 1 aromatic rings. The number of hydrogen-bond acceptors (Lipinski definition) is 6. The van der Waals surface area contributed by atoms with E-state index < -0.39 is 35.7 Å². The van der Waals surface area contributed by atoms with E-state index in [1.165, 1.54) is 6.92 Å². The molecule has 3 amide bonds. The molecule has 2 atom stereocenters. The van der Waals surface area contributed by atoms with Crippen LogP contribution in [0.2, 0.25) is 0 Å². The molecule has 0 unspecified atom stereocenters. The Bertz CT molecular complexity index is 845. The molecule has 0 aromatic heterocycles. The van der Waals surface area contributed by atoms with Crippen molar-refractivity contribution in [3.05, 3.63) is 29.3 Å². The molecule has 130 valence electrons. The van der Waals surface area contributed by atoms with Crippen molar-refractivity contribution in [2.75, 3.05) is 12.0 Å². The Labute approximate surface area is 144 Å². The molecule has 8 nitrogen and oxygen atoms in total. The number of imide groups is 1. The molecule has 3 rings (SSSR count). The number of esters is 1. The summed E-state index contributed by atoms with van der Waals surface area (Å²) < 4.78 is 4.64. The van der Waals surface area contributed by atoms with E-state index in [2.05, 4.69) is 9.84 Å². The minimum Gasteiger partial charge on any atom is -0.464 e. The van der Waals surface area contributed by atoms with Crippen molar-refractivity contribution in [2.24, 2.45) is 11.0 Å². The van der Waals surface area contributed by atoms with E-state index in [1.54, 1.807) is 18.2 Å². The van der Waals surface area contributed by atoms with Crippen molar-refractivity contribution in [1.82, 2.24) is 5.01 Å². The van der Waals surface area contributed by atoms with Crippen molar-refractivity contribution >= 4 is 35.1 Å². The summed E-state index contributed by atoms with van der Waals surface area (Å²) in [5.74, 6) is -3.69. The Morgan fingerprint density at radius 1 is 1.12 bits per heavy atom. The summed E-state index contributed by atoms with van der Waals surface area (Å²) in [5, 5.41) is 4.75. The normalized spacial score (nSPS) is 22.2. The summed E-state index contributed by atoms with van der Waals surface area (Å²) in [5.41, 5.74) is 2.11. The van der Waals surface area contributed by atoms with Crippen LogP contribution in [0.3, 0.4) is 0 Å². The molecule has 0 spiro atoms. The number of carbonyl (C=O) groups is 4. The molecule has 2 aliphatic rings. The van der Waals surface area contributed by atoms with Crippen LogP contribution in [0.5, 0.6) is 0 Å². The zero-order chi connectivity index (χ0) is 18.5. The van der Waals surface area contributed by atoms with Crippen LogP contribution < -0.4 is 4.90 Å². The number of amides is 3. The number of methoxy groups -OCH3 is 1. The lowest BCUT2D eigenvalue weighted by atomic mass is 9.98. The van der Waals surface area contributed by atoms with Crippen LogP contribution in [-0.2, 0) is 23.9 Å². The largest absolute Gasteiger partial charge is 0.464 e. The van der Waals surface area contributed by atoms with E-state index >= 15 is 0 Å². The van der Waals surface area contributed by atoms with Gasteiger partial charge in [0.05, 0.1) is 12.8 Å². The van der Waals surface area contributed by atoms with Gasteiger partial charge in [-0.1, -0.05) is 6.07 Å². The van der Waals surface area contributed by atoms with Crippen LogP contribution in [0.1, 0.15) is 18.1 Å². The number of benzene rings is 1. The van der Waals surface area contributed by atoms with Crippen molar-refractivity contribution in [2.45, 2.75) is 26.8 Å². The molecule has 2 aliphatic heterocycles. The predicted molar refractivity (Wildman–Crippen MR) is 87.7 cm³/mol. The highest BCUT2D eigenvalue weighted by molar-refractivity contribution is 6.47. The molecule has 0 bridgehead atoms. The zero-order valence-electron chi connectivity index (χ0n) is 14.3. The number of carbonyl (C=O) groups excluding carboxylic acids is 4.